The number of carbonyl (C=O) groups excluding carboxylic acids is 1. The van der Waals surface area contributed by atoms with Crippen LogP contribution in [0.1, 0.15) is 0 Å². The van der Waals surface area contributed by atoms with E-state index in [1.807, 2.05) is 5.32 Å². The summed E-state index contributed by atoms with van der Waals surface area (Å²) in [5.74, 6) is -1.14. The summed E-state index contributed by atoms with van der Waals surface area (Å²) in [6.45, 7) is 0. The highest BCUT2D eigenvalue weighted by Crippen LogP contribution is 1.65. The first kappa shape index (κ1) is 7.48. The molecule has 0 spiro atoms. The van der Waals surface area contributed by atoms with Gasteiger partial charge in [0.05, 0.1) is 0 Å². The molecule has 0 rings (SSSR count). The molecular weight excluding hydrogens is 124 g/mol. The number of nitrogens with one attached hydrogen (secondary N) is 1. The molecule has 0 unspecified atom stereocenters. The molecule has 0 fully saturated rings. The molecule has 5 nitrogen and oxygen atoms in total. The van der Waals surface area contributed by atoms with Crippen LogP contribution in [0, 0.1) is 0 Å². The third kappa shape index (κ3) is 6.48. The van der Waals surface area contributed by atoms with Crippen molar-refractivity contribution in [3.63, 3.8) is 0 Å². The molecule has 0 atom stereocenters. The number of rotatable bonds is 2. The van der Waals surface area contributed by atoms with E-state index >= 15 is 0 Å². The molecular formula is C4H6N2O3. The van der Waals surface area contributed by atoms with Crippen molar-refractivity contribution in [3.8, 4) is 0 Å². The first-order valence-electron chi connectivity index (χ1n) is 2.08. The number of nitrogens with two attached hydrogens (primary N) is 1. The van der Waals surface area contributed by atoms with Crippen molar-refractivity contribution >= 4 is 12.0 Å². The topological polar surface area (TPSA) is 92.4 Å². The van der Waals surface area contributed by atoms with Crippen molar-refractivity contribution < 1.29 is 14.7 Å². The lowest BCUT2D eigenvalue weighted by molar-refractivity contribution is -0.131. The van der Waals surface area contributed by atoms with Crippen molar-refractivity contribution in [1.29, 1.82) is 0 Å². The number of hydrogen-bond donors (Lipinski definition) is 3. The zero-order valence-electron chi connectivity index (χ0n) is 4.50. The van der Waals surface area contributed by atoms with Gasteiger partial charge >= 0.3 is 12.0 Å². The van der Waals surface area contributed by atoms with E-state index in [1.54, 1.807) is 0 Å². The first-order chi connectivity index (χ1) is 4.13. The molecule has 0 aromatic heterocycles. The van der Waals surface area contributed by atoms with Crippen LogP contribution in [0.5, 0.6) is 0 Å². The summed E-state index contributed by atoms with van der Waals surface area (Å²) < 4.78 is 0. The van der Waals surface area contributed by atoms with Crippen molar-refractivity contribution in [2.24, 2.45) is 5.73 Å². The van der Waals surface area contributed by atoms with Gasteiger partial charge in [-0.05, 0) is 0 Å². The zero-order chi connectivity index (χ0) is 7.28. The molecule has 50 valence electrons. The second-order valence-corrected chi connectivity index (χ2v) is 1.18. The van der Waals surface area contributed by atoms with Crippen LogP contribution in [0.15, 0.2) is 12.3 Å². The summed E-state index contributed by atoms with van der Waals surface area (Å²) in [5.41, 5.74) is 4.58. The number of hydrogen-bond acceptors (Lipinski definition) is 2. The Morgan fingerprint density at radius 3 is 2.44 bits per heavy atom. The number of aliphatic carboxylic acids is 1. The SMILES string of the molecule is NC(=O)N/C=C\C(=O)O. The van der Waals surface area contributed by atoms with Gasteiger partial charge in [0.1, 0.15) is 0 Å². The molecule has 4 N–H and O–H groups in total. The van der Waals surface area contributed by atoms with E-state index in [0.717, 1.165) is 12.3 Å². The minimum atomic E-state index is -1.14. The summed E-state index contributed by atoms with van der Waals surface area (Å²) in [5, 5.41) is 9.90. The minimum absolute atomic E-state index is 0.769. The molecule has 9 heavy (non-hydrogen) atoms. The van der Waals surface area contributed by atoms with Gasteiger partial charge in [0.15, 0.2) is 0 Å². The second kappa shape index (κ2) is 3.48. The molecule has 5 heteroatoms. The van der Waals surface area contributed by atoms with Crippen molar-refractivity contribution in [1.82, 2.24) is 5.32 Å². The third-order valence-electron chi connectivity index (χ3n) is 0.452. The number of urea groups is 1. The maximum atomic E-state index is 9.85. The quantitative estimate of drug-likeness (QED) is 0.429. The molecule has 0 saturated carbocycles. The normalized spacial score (nSPS) is 9.33. The Morgan fingerprint density at radius 1 is 1.56 bits per heavy atom. The fourth-order valence-electron chi connectivity index (χ4n) is 0.195. The lowest BCUT2D eigenvalue weighted by Gasteiger charge is -1.86. The number of amides is 2. The average molecular weight is 130 g/mol. The molecule has 0 aliphatic heterocycles. The van der Waals surface area contributed by atoms with E-state index in [0.29, 0.717) is 0 Å². The fourth-order valence-corrected chi connectivity index (χ4v) is 0.195. The van der Waals surface area contributed by atoms with Crippen LogP contribution in [0.2, 0.25) is 0 Å². The van der Waals surface area contributed by atoms with E-state index < -0.39 is 12.0 Å². The summed E-state index contributed by atoms with van der Waals surface area (Å²) >= 11 is 0. The molecule has 0 aromatic carbocycles. The highest BCUT2D eigenvalue weighted by molar-refractivity contribution is 5.81. The van der Waals surface area contributed by atoms with E-state index in [1.165, 1.54) is 0 Å². The maximum Gasteiger partial charge on any atom is 0.329 e. The molecule has 0 aliphatic rings. The maximum absolute atomic E-state index is 9.85. The Bertz CT molecular complexity index is 152. The smallest absolute Gasteiger partial charge is 0.329 e. The van der Waals surface area contributed by atoms with Gasteiger partial charge in [-0.2, -0.15) is 0 Å². The lowest BCUT2D eigenvalue weighted by atomic mass is 10.6. The van der Waals surface area contributed by atoms with Gasteiger partial charge in [0.25, 0.3) is 0 Å². The van der Waals surface area contributed by atoms with Gasteiger partial charge in [-0.1, -0.05) is 0 Å². The predicted molar refractivity (Wildman–Crippen MR) is 29.5 cm³/mol. The van der Waals surface area contributed by atoms with Crippen LogP contribution in [-0.2, 0) is 4.79 Å². The highest BCUT2D eigenvalue weighted by Gasteiger charge is 1.85. The summed E-state index contributed by atoms with van der Waals surface area (Å²) in [6, 6.07) is -0.785. The van der Waals surface area contributed by atoms with Gasteiger partial charge in [-0.25, -0.2) is 9.59 Å². The Balaban J connectivity index is 3.48. The zero-order valence-corrected chi connectivity index (χ0v) is 4.50. The van der Waals surface area contributed by atoms with E-state index in [2.05, 4.69) is 5.73 Å². The fraction of sp³-hybridized carbons (Fsp3) is 0. The van der Waals surface area contributed by atoms with Crippen LogP contribution in [0.25, 0.3) is 0 Å². The van der Waals surface area contributed by atoms with Crippen LogP contribution >= 0.6 is 0 Å². The molecule has 2 amide bonds. The van der Waals surface area contributed by atoms with Crippen molar-refractivity contribution in [2.75, 3.05) is 0 Å². The molecule has 0 bridgehead atoms. The Morgan fingerprint density at radius 2 is 2.11 bits per heavy atom. The minimum Gasteiger partial charge on any atom is -0.478 e. The van der Waals surface area contributed by atoms with Crippen LogP contribution in [0.3, 0.4) is 0 Å². The standard InChI is InChI=1S/C4H6N2O3/c5-4(9)6-2-1-3(7)8/h1-2H,(H,7,8)(H3,5,6,9)/b2-1-. The molecule has 0 saturated heterocycles. The lowest BCUT2D eigenvalue weighted by Crippen LogP contribution is -2.24. The van der Waals surface area contributed by atoms with Gasteiger partial charge in [0.2, 0.25) is 0 Å². The Hall–Kier alpha value is -1.52. The second-order valence-electron chi connectivity index (χ2n) is 1.18. The van der Waals surface area contributed by atoms with E-state index in [9.17, 15) is 9.59 Å². The Labute approximate surface area is 51.2 Å². The van der Waals surface area contributed by atoms with Crippen LogP contribution in [-0.4, -0.2) is 17.1 Å². The number of carbonyl (C=O) groups is 2. The number of primary amides is 1. The monoisotopic (exact) mass is 130 g/mol. The largest absolute Gasteiger partial charge is 0.478 e. The number of carboxylic acid groups (broad SMARTS) is 1. The summed E-state index contributed by atoms with van der Waals surface area (Å²) in [6.07, 6.45) is 1.72. The highest BCUT2D eigenvalue weighted by atomic mass is 16.4. The Kier molecular flexibility index (Phi) is 2.89. The summed E-state index contributed by atoms with van der Waals surface area (Å²) in [7, 11) is 0. The summed E-state index contributed by atoms with van der Waals surface area (Å²) in [4.78, 5) is 19.5. The van der Waals surface area contributed by atoms with Gasteiger partial charge in [-0.3, -0.25) is 0 Å². The van der Waals surface area contributed by atoms with Crippen molar-refractivity contribution in [2.45, 2.75) is 0 Å². The average Bonchev–Trinajstić information content (AvgIpc) is 1.63. The molecule has 0 aliphatic carbocycles. The molecule has 0 radical (unpaired) electrons. The molecule has 0 heterocycles. The van der Waals surface area contributed by atoms with Crippen LogP contribution < -0.4 is 11.1 Å². The molecule has 0 aromatic rings. The van der Waals surface area contributed by atoms with Crippen molar-refractivity contribution in [3.05, 3.63) is 12.3 Å². The van der Waals surface area contributed by atoms with Crippen LogP contribution in [0.4, 0.5) is 4.79 Å². The van der Waals surface area contributed by atoms with E-state index in [-0.39, 0.29) is 0 Å². The van der Waals surface area contributed by atoms with E-state index in [4.69, 9.17) is 5.11 Å². The number of carboxylic acids is 1. The third-order valence-corrected chi connectivity index (χ3v) is 0.452. The van der Waals surface area contributed by atoms with Gasteiger partial charge < -0.3 is 16.2 Å². The first-order valence-corrected chi connectivity index (χ1v) is 2.08. The van der Waals surface area contributed by atoms with Gasteiger partial charge in [0, 0.05) is 12.3 Å². The van der Waals surface area contributed by atoms with Gasteiger partial charge in [-0.15, -0.1) is 0 Å². The predicted octanol–water partition coefficient (Wildman–Crippen LogP) is -0.747.